The molecule has 1 aromatic heterocycles. The predicted octanol–water partition coefficient (Wildman–Crippen LogP) is 4.99. The zero-order valence-electron chi connectivity index (χ0n) is 15.5. The highest BCUT2D eigenvalue weighted by Crippen LogP contribution is 2.30. The van der Waals surface area contributed by atoms with E-state index in [1.807, 2.05) is 30.3 Å². The Morgan fingerprint density at radius 1 is 1.19 bits per heavy atom. The van der Waals surface area contributed by atoms with Crippen molar-refractivity contribution in [3.63, 3.8) is 0 Å². The van der Waals surface area contributed by atoms with Crippen LogP contribution in [0.25, 0.3) is 11.1 Å². The van der Waals surface area contributed by atoms with Crippen molar-refractivity contribution in [2.24, 2.45) is 0 Å². The molecule has 0 saturated carbocycles. The Bertz CT molecular complexity index is 838. The van der Waals surface area contributed by atoms with Gasteiger partial charge in [0.1, 0.15) is 11.3 Å². The number of aromatic nitrogens is 1. The van der Waals surface area contributed by atoms with Crippen LogP contribution in [0.4, 0.5) is 0 Å². The van der Waals surface area contributed by atoms with Crippen molar-refractivity contribution in [2.75, 3.05) is 13.1 Å². The van der Waals surface area contributed by atoms with Gasteiger partial charge in [0.2, 0.25) is 0 Å². The van der Waals surface area contributed by atoms with E-state index in [4.69, 9.17) is 14.1 Å². The van der Waals surface area contributed by atoms with E-state index in [0.717, 1.165) is 48.8 Å². The van der Waals surface area contributed by atoms with Gasteiger partial charge in [0, 0.05) is 19.0 Å². The third-order valence-electron chi connectivity index (χ3n) is 4.84. The monoisotopic (exact) mass is 350 g/mol. The Labute approximate surface area is 154 Å². The van der Waals surface area contributed by atoms with Crippen molar-refractivity contribution in [1.29, 1.82) is 0 Å². The molecule has 1 aliphatic rings. The number of benzene rings is 2. The molecule has 0 aliphatic carbocycles. The van der Waals surface area contributed by atoms with Crippen LogP contribution in [-0.4, -0.2) is 29.1 Å². The highest BCUT2D eigenvalue weighted by Gasteiger charge is 2.25. The molecule has 2 aromatic carbocycles. The molecule has 1 aliphatic heterocycles. The van der Waals surface area contributed by atoms with Gasteiger partial charge < -0.3 is 9.15 Å². The first-order valence-corrected chi connectivity index (χ1v) is 9.51. The minimum Gasteiger partial charge on any atom is -0.491 e. The molecule has 1 saturated heterocycles. The fourth-order valence-electron chi connectivity index (χ4n) is 3.71. The van der Waals surface area contributed by atoms with Gasteiger partial charge in [-0.2, -0.15) is 0 Å². The average Bonchev–Trinajstić information content (AvgIpc) is 3.06. The second-order valence-electron chi connectivity index (χ2n) is 7.41. The molecule has 4 heteroatoms. The third kappa shape index (κ3) is 3.91. The summed E-state index contributed by atoms with van der Waals surface area (Å²) in [6.45, 7) is 7.16. The topological polar surface area (TPSA) is 38.5 Å². The maximum Gasteiger partial charge on any atom is 0.199 e. The summed E-state index contributed by atoms with van der Waals surface area (Å²) in [5.74, 6) is 2.20. The molecule has 0 amide bonds. The molecule has 1 fully saturated rings. The van der Waals surface area contributed by atoms with E-state index in [9.17, 15) is 0 Å². The van der Waals surface area contributed by atoms with Gasteiger partial charge in [-0.1, -0.05) is 24.3 Å². The summed E-state index contributed by atoms with van der Waals surface area (Å²) in [4.78, 5) is 7.21. The second kappa shape index (κ2) is 7.50. The zero-order valence-corrected chi connectivity index (χ0v) is 15.5. The quantitative estimate of drug-likeness (QED) is 0.649. The largest absolute Gasteiger partial charge is 0.491 e. The molecule has 0 N–H and O–H groups in total. The first-order valence-electron chi connectivity index (χ1n) is 9.51. The lowest BCUT2D eigenvalue weighted by Crippen LogP contribution is -2.34. The Morgan fingerprint density at radius 2 is 2.08 bits per heavy atom. The Balaban J connectivity index is 1.45. The van der Waals surface area contributed by atoms with E-state index in [1.54, 1.807) is 0 Å². The van der Waals surface area contributed by atoms with E-state index in [0.29, 0.717) is 5.92 Å². The van der Waals surface area contributed by atoms with Gasteiger partial charge in [-0.3, -0.25) is 4.90 Å². The van der Waals surface area contributed by atoms with E-state index in [2.05, 4.69) is 36.9 Å². The minimum atomic E-state index is 0.198. The van der Waals surface area contributed by atoms with Crippen LogP contribution in [0.1, 0.15) is 44.1 Å². The summed E-state index contributed by atoms with van der Waals surface area (Å²) in [6, 6.07) is 16.5. The Morgan fingerprint density at radius 3 is 2.92 bits per heavy atom. The van der Waals surface area contributed by atoms with Crippen molar-refractivity contribution in [3.05, 3.63) is 60.0 Å². The van der Waals surface area contributed by atoms with E-state index < -0.39 is 0 Å². The molecular formula is C22H26N2O2. The molecule has 1 atom stereocenters. The molecule has 0 bridgehead atoms. The number of likely N-dealkylation sites (tertiary alicyclic amines) is 1. The smallest absolute Gasteiger partial charge is 0.199 e. The van der Waals surface area contributed by atoms with E-state index in [1.165, 1.54) is 12.0 Å². The predicted molar refractivity (Wildman–Crippen MR) is 103 cm³/mol. The molecule has 1 unspecified atom stereocenters. The Hall–Kier alpha value is -2.33. The lowest BCUT2D eigenvalue weighted by molar-refractivity contribution is 0.186. The van der Waals surface area contributed by atoms with Crippen LogP contribution in [0.15, 0.2) is 52.9 Å². The molecule has 3 aromatic rings. The van der Waals surface area contributed by atoms with Crippen molar-refractivity contribution in [1.82, 2.24) is 9.88 Å². The Kier molecular flexibility index (Phi) is 4.93. The van der Waals surface area contributed by atoms with Gasteiger partial charge in [-0.15, -0.1) is 0 Å². The molecule has 4 nitrogen and oxygen atoms in total. The van der Waals surface area contributed by atoms with Crippen molar-refractivity contribution >= 4 is 11.1 Å². The van der Waals surface area contributed by atoms with Crippen LogP contribution in [0.3, 0.4) is 0 Å². The van der Waals surface area contributed by atoms with E-state index >= 15 is 0 Å². The highest BCUT2D eigenvalue weighted by atomic mass is 16.5. The normalized spacial score (nSPS) is 18.5. The summed E-state index contributed by atoms with van der Waals surface area (Å²) in [7, 11) is 0. The van der Waals surface area contributed by atoms with Gasteiger partial charge in [0.05, 0.1) is 6.10 Å². The molecule has 26 heavy (non-hydrogen) atoms. The summed E-state index contributed by atoms with van der Waals surface area (Å²) in [6.07, 6.45) is 2.51. The number of rotatable bonds is 5. The van der Waals surface area contributed by atoms with Crippen LogP contribution in [0.2, 0.25) is 0 Å². The number of nitrogens with zero attached hydrogens (tertiary/aromatic N) is 2. The van der Waals surface area contributed by atoms with Crippen LogP contribution in [0.5, 0.6) is 5.75 Å². The summed E-state index contributed by atoms with van der Waals surface area (Å²) in [5.41, 5.74) is 3.14. The van der Waals surface area contributed by atoms with E-state index in [-0.39, 0.29) is 6.10 Å². The number of ether oxygens (including phenoxy) is 1. The van der Waals surface area contributed by atoms with Crippen molar-refractivity contribution in [3.8, 4) is 5.75 Å². The van der Waals surface area contributed by atoms with Gasteiger partial charge in [0.25, 0.3) is 0 Å². The first kappa shape index (κ1) is 17.1. The maximum atomic E-state index is 6.01. The lowest BCUT2D eigenvalue weighted by Gasteiger charge is -2.31. The molecule has 2 heterocycles. The highest BCUT2D eigenvalue weighted by molar-refractivity contribution is 5.72. The lowest BCUT2D eigenvalue weighted by atomic mass is 9.97. The molecule has 0 radical (unpaired) electrons. The second-order valence-corrected chi connectivity index (χ2v) is 7.41. The van der Waals surface area contributed by atoms with Crippen LogP contribution < -0.4 is 4.74 Å². The SMILES string of the molecule is CC(C)Oc1cccc(CN2CCCC(c3nc4ccccc4o3)C2)c1. The first-order chi connectivity index (χ1) is 12.7. The number of hydrogen-bond donors (Lipinski definition) is 0. The molecular weight excluding hydrogens is 324 g/mol. The fraction of sp³-hybridized carbons (Fsp3) is 0.409. The average molecular weight is 350 g/mol. The number of fused-ring (bicyclic) bond motifs is 1. The molecule has 136 valence electrons. The van der Waals surface area contributed by atoms with Crippen molar-refractivity contribution in [2.45, 2.75) is 45.3 Å². The number of oxazole rings is 1. The van der Waals surface area contributed by atoms with Crippen LogP contribution in [-0.2, 0) is 6.54 Å². The van der Waals surface area contributed by atoms with Gasteiger partial charge in [0.15, 0.2) is 11.5 Å². The van der Waals surface area contributed by atoms with Crippen LogP contribution >= 0.6 is 0 Å². The third-order valence-corrected chi connectivity index (χ3v) is 4.84. The van der Waals surface area contributed by atoms with Gasteiger partial charge >= 0.3 is 0 Å². The zero-order chi connectivity index (χ0) is 17.9. The van der Waals surface area contributed by atoms with Crippen molar-refractivity contribution < 1.29 is 9.15 Å². The summed E-state index contributed by atoms with van der Waals surface area (Å²) in [5, 5.41) is 0. The summed E-state index contributed by atoms with van der Waals surface area (Å²) >= 11 is 0. The fourth-order valence-corrected chi connectivity index (χ4v) is 3.71. The van der Waals surface area contributed by atoms with Gasteiger partial charge in [-0.05, 0) is 63.1 Å². The minimum absolute atomic E-state index is 0.198. The number of hydrogen-bond acceptors (Lipinski definition) is 4. The molecule has 0 spiro atoms. The number of piperidine rings is 1. The number of para-hydroxylation sites is 2. The van der Waals surface area contributed by atoms with Crippen LogP contribution in [0, 0.1) is 0 Å². The summed E-state index contributed by atoms with van der Waals surface area (Å²) < 4.78 is 11.8. The maximum absolute atomic E-state index is 6.01. The standard InChI is InChI=1S/C22H26N2O2/c1-16(2)25-19-9-5-7-17(13-19)14-24-12-6-8-18(15-24)22-23-20-10-3-4-11-21(20)26-22/h3-5,7,9-11,13,16,18H,6,8,12,14-15H2,1-2H3. The van der Waals surface area contributed by atoms with Gasteiger partial charge in [-0.25, -0.2) is 4.98 Å². The molecule has 4 rings (SSSR count).